The van der Waals surface area contributed by atoms with Crippen LogP contribution in [0.1, 0.15) is 25.7 Å². The van der Waals surface area contributed by atoms with Crippen LogP contribution in [-0.2, 0) is 28.8 Å². The molecule has 1 aliphatic rings. The fourth-order valence-corrected chi connectivity index (χ4v) is 3.18. The Bertz CT molecular complexity index is 756. The van der Waals surface area contributed by atoms with Gasteiger partial charge in [0.05, 0.1) is 19.3 Å². The minimum Gasteiger partial charge on any atom is -0.395 e. The number of nitrogens with zero attached hydrogens (tertiary/aromatic N) is 1. The Kier molecular flexibility index (Phi) is 12.3. The number of carbonyl (C=O) groups is 6. The Labute approximate surface area is 205 Å². The molecule has 0 aromatic carbocycles. The Balaban J connectivity index is 2.64. The van der Waals surface area contributed by atoms with Gasteiger partial charge in [0.2, 0.25) is 2.86 Å². The number of hydrogen-bond acceptors (Lipinski definition) is 9. The predicted octanol–water partition coefficient (Wildman–Crippen LogP) is -5.32. The first-order chi connectivity index (χ1) is 17.7. The van der Waals surface area contributed by atoms with Gasteiger partial charge in [-0.3, -0.25) is 28.8 Å². The number of aliphatic hydroxyl groups is 3. The summed E-state index contributed by atoms with van der Waals surface area (Å²) in [4.78, 5) is 73.4. The third-order valence-corrected chi connectivity index (χ3v) is 5.04. The zero-order valence-corrected chi connectivity index (χ0v) is 19.3. The molecule has 0 bridgehead atoms. The van der Waals surface area contributed by atoms with E-state index in [0.717, 1.165) is 4.90 Å². The van der Waals surface area contributed by atoms with Crippen LogP contribution in [0.25, 0.3) is 0 Å². The SMILES string of the molecule is [3H]OCCNC(=O)C(=O)NCCN(CCNC(=O)C(=O)NCCO[3H])C(=O)C(=O)NC1CCC(O)CC1. The maximum Gasteiger partial charge on any atom is 0.312 e. The van der Waals surface area contributed by atoms with Crippen molar-refractivity contribution in [1.29, 1.82) is 2.86 Å². The van der Waals surface area contributed by atoms with Gasteiger partial charge in [0, 0.05) is 45.3 Å². The van der Waals surface area contributed by atoms with E-state index >= 15 is 0 Å². The zero-order chi connectivity index (χ0) is 27.6. The highest BCUT2D eigenvalue weighted by Crippen LogP contribution is 2.18. The van der Waals surface area contributed by atoms with Crippen molar-refractivity contribution >= 4 is 35.4 Å². The summed E-state index contributed by atoms with van der Waals surface area (Å²) >= 11 is 0. The summed E-state index contributed by atoms with van der Waals surface area (Å²) in [5, 5.41) is 29.3. The maximum absolute atomic E-state index is 12.8. The van der Waals surface area contributed by atoms with E-state index in [1.165, 1.54) is 0 Å². The summed E-state index contributed by atoms with van der Waals surface area (Å²) in [6.07, 6.45) is 1.56. The van der Waals surface area contributed by atoms with Gasteiger partial charge in [0.25, 0.3) is 0 Å². The van der Waals surface area contributed by atoms with Crippen molar-refractivity contribution in [2.45, 2.75) is 37.8 Å². The molecule has 0 saturated heterocycles. The highest BCUT2D eigenvalue weighted by Gasteiger charge is 2.27. The number of amides is 6. The lowest BCUT2D eigenvalue weighted by molar-refractivity contribution is -0.146. The molecule has 1 fully saturated rings. The van der Waals surface area contributed by atoms with Crippen molar-refractivity contribution in [3.63, 3.8) is 0 Å². The topological polar surface area (TPSA) is 226 Å². The van der Waals surface area contributed by atoms with Crippen LogP contribution in [-0.4, -0.2) is 123 Å². The molecule has 198 valence electrons. The molecular weight excluding hydrogens is 468 g/mol. The van der Waals surface area contributed by atoms with Crippen LogP contribution in [0.3, 0.4) is 0 Å². The average molecular weight is 507 g/mol. The van der Waals surface area contributed by atoms with Crippen molar-refractivity contribution in [3.8, 4) is 0 Å². The van der Waals surface area contributed by atoms with Crippen LogP contribution in [0.15, 0.2) is 0 Å². The van der Waals surface area contributed by atoms with E-state index in [0.29, 0.717) is 25.7 Å². The predicted molar refractivity (Wildman–Crippen MR) is 119 cm³/mol. The van der Waals surface area contributed by atoms with Gasteiger partial charge in [-0.15, -0.1) is 0 Å². The van der Waals surface area contributed by atoms with Crippen LogP contribution in [0, 0.1) is 0 Å². The molecule has 0 aromatic rings. The highest BCUT2D eigenvalue weighted by molar-refractivity contribution is 6.36. The second kappa shape index (κ2) is 16.3. The van der Waals surface area contributed by atoms with Gasteiger partial charge < -0.3 is 46.8 Å². The van der Waals surface area contributed by atoms with Gasteiger partial charge in [-0.05, 0) is 25.7 Å². The average Bonchev–Trinajstić information content (AvgIpc) is 2.88. The number of rotatable bonds is 13. The third kappa shape index (κ3) is 11.6. The molecule has 0 aromatic heterocycles. The summed E-state index contributed by atoms with van der Waals surface area (Å²) in [6.45, 7) is -1.10. The second-order valence-corrected chi connectivity index (χ2v) is 7.70. The van der Waals surface area contributed by atoms with E-state index in [2.05, 4.69) is 36.8 Å². The molecule has 35 heavy (non-hydrogen) atoms. The van der Waals surface area contributed by atoms with Gasteiger partial charge >= 0.3 is 35.4 Å². The van der Waals surface area contributed by atoms with Crippen molar-refractivity contribution in [2.24, 2.45) is 0 Å². The molecule has 0 radical (unpaired) electrons. The minimum atomic E-state index is -0.996. The Morgan fingerprint density at radius 2 is 1.11 bits per heavy atom. The molecule has 1 saturated carbocycles. The van der Waals surface area contributed by atoms with Crippen molar-refractivity contribution < 1.29 is 44.1 Å². The van der Waals surface area contributed by atoms with Crippen molar-refractivity contribution in [3.05, 3.63) is 0 Å². The zero-order valence-electron chi connectivity index (χ0n) is 21.3. The summed E-state index contributed by atoms with van der Waals surface area (Å²) in [6, 6.07) is -0.283. The van der Waals surface area contributed by atoms with E-state index in [-0.39, 0.29) is 58.5 Å². The molecule has 8 N–H and O–H groups in total. The lowest BCUT2D eigenvalue weighted by atomic mass is 9.93. The third-order valence-electron chi connectivity index (χ3n) is 5.04. The number of hydrogen-bond donors (Lipinski definition) is 8. The Hall–Kier alpha value is -3.30. The molecule has 15 heteroatoms. The molecule has 0 atom stereocenters. The van der Waals surface area contributed by atoms with E-state index in [1.807, 2.05) is 0 Å². The molecule has 0 spiro atoms. The normalized spacial score (nSPS) is 17.7. The van der Waals surface area contributed by atoms with Gasteiger partial charge in [-0.25, -0.2) is 0 Å². The fourth-order valence-electron chi connectivity index (χ4n) is 3.18. The van der Waals surface area contributed by atoms with E-state index < -0.39 is 41.5 Å². The summed E-state index contributed by atoms with van der Waals surface area (Å²) in [7, 11) is 0. The lowest BCUT2D eigenvalue weighted by Gasteiger charge is -2.27. The largest absolute Gasteiger partial charge is 0.395 e. The van der Waals surface area contributed by atoms with E-state index in [4.69, 9.17) is 2.86 Å². The minimum absolute atomic E-state index is 0.0534. The van der Waals surface area contributed by atoms with Crippen LogP contribution in [0.4, 0.5) is 0 Å². The van der Waals surface area contributed by atoms with Crippen LogP contribution >= 0.6 is 0 Å². The highest BCUT2D eigenvalue weighted by atomic mass is 16.3. The number of nitrogens with one attached hydrogen (secondary N) is 5. The number of carbonyl (C=O) groups excluding carboxylic acids is 6. The van der Waals surface area contributed by atoms with Crippen molar-refractivity contribution in [1.82, 2.24) is 31.5 Å². The molecule has 1 aliphatic carbocycles. The van der Waals surface area contributed by atoms with Gasteiger partial charge in [-0.1, -0.05) is 0 Å². The molecule has 1 rings (SSSR count). The molecule has 6 amide bonds. The first-order valence-corrected chi connectivity index (χ1v) is 11.3. The van der Waals surface area contributed by atoms with Crippen LogP contribution in [0.2, 0.25) is 0 Å². The maximum atomic E-state index is 12.8. The summed E-state index contributed by atoms with van der Waals surface area (Å²) in [5.41, 5.74) is 0. The van der Waals surface area contributed by atoms with Gasteiger partial charge in [0.15, 0.2) is 0 Å². The second-order valence-electron chi connectivity index (χ2n) is 7.70. The lowest BCUT2D eigenvalue weighted by Crippen LogP contribution is -2.52. The summed E-state index contributed by atoms with van der Waals surface area (Å²) < 4.78 is 13.1. The number of aliphatic hydroxyl groups excluding tert-OH is 3. The van der Waals surface area contributed by atoms with Crippen LogP contribution in [0.5, 0.6) is 0 Å². The van der Waals surface area contributed by atoms with Gasteiger partial charge in [-0.2, -0.15) is 0 Å². The quantitative estimate of drug-likeness (QED) is 0.0880. The van der Waals surface area contributed by atoms with E-state index in [1.54, 1.807) is 0 Å². The fraction of sp³-hybridized carbons (Fsp3) is 0.700. The van der Waals surface area contributed by atoms with Crippen LogP contribution < -0.4 is 26.6 Å². The molecule has 15 nitrogen and oxygen atoms in total. The first-order valence-electron chi connectivity index (χ1n) is 12.1. The van der Waals surface area contributed by atoms with Gasteiger partial charge in [0.1, 0.15) is 0 Å². The van der Waals surface area contributed by atoms with Crippen molar-refractivity contribution in [2.75, 3.05) is 52.5 Å². The molecular formula is C20H34N6O9. The molecule has 0 aliphatic heterocycles. The molecule has 0 heterocycles. The monoisotopic (exact) mass is 506 g/mol. The summed E-state index contributed by atoms with van der Waals surface area (Å²) in [5.74, 6) is -5.78. The first kappa shape index (κ1) is 26.3. The standard InChI is InChI=1S/C20H34N6O9/c27-11-7-23-17(32)15(30)21-5-9-26(10-6-22-16(31)18(33)24-8-12-28)20(35)19(34)25-13-1-3-14(29)4-2-13/h13-14,27-29H,1-12H2,(H,21,30)(H,22,31)(H,23,32)(H,24,33)(H,25,34)/i27T,28T. The smallest absolute Gasteiger partial charge is 0.312 e. The Morgan fingerprint density at radius 1 is 0.686 bits per heavy atom. The molecule has 0 unspecified atom stereocenters. The Morgan fingerprint density at radius 3 is 1.54 bits per heavy atom. The van der Waals surface area contributed by atoms with E-state index in [9.17, 15) is 33.9 Å².